The molecule has 1 atom stereocenters. The van der Waals surface area contributed by atoms with Crippen LogP contribution in [0.5, 0.6) is 11.5 Å². The lowest BCUT2D eigenvalue weighted by atomic mass is 10.0. The Morgan fingerprint density at radius 1 is 1.08 bits per heavy atom. The molecule has 1 aromatic carbocycles. The molecule has 1 saturated heterocycles. The van der Waals surface area contributed by atoms with E-state index in [2.05, 4.69) is 15.2 Å². The van der Waals surface area contributed by atoms with Gasteiger partial charge in [-0.15, -0.1) is 0 Å². The molecule has 0 spiro atoms. The van der Waals surface area contributed by atoms with E-state index in [9.17, 15) is 18.0 Å². The molecule has 0 aliphatic carbocycles. The zero-order valence-corrected chi connectivity index (χ0v) is 21.7. The molecular formula is C26H28F3N7O3. The lowest BCUT2D eigenvalue weighted by Gasteiger charge is -2.41. The van der Waals surface area contributed by atoms with Crippen molar-refractivity contribution in [3.63, 3.8) is 0 Å². The van der Waals surface area contributed by atoms with Crippen LogP contribution >= 0.6 is 0 Å². The van der Waals surface area contributed by atoms with Gasteiger partial charge in [0.2, 0.25) is 0 Å². The van der Waals surface area contributed by atoms with Gasteiger partial charge < -0.3 is 19.3 Å². The predicted molar refractivity (Wildman–Crippen MR) is 136 cm³/mol. The van der Waals surface area contributed by atoms with E-state index in [4.69, 9.17) is 9.47 Å². The summed E-state index contributed by atoms with van der Waals surface area (Å²) in [5.74, 6) is -1.58. The maximum atomic E-state index is 14.6. The number of hydrazone groups is 1. The Morgan fingerprint density at radius 2 is 1.82 bits per heavy atom. The summed E-state index contributed by atoms with van der Waals surface area (Å²) >= 11 is 0. The van der Waals surface area contributed by atoms with E-state index in [1.807, 2.05) is 19.0 Å². The third-order valence-corrected chi connectivity index (χ3v) is 6.47. The number of likely N-dealkylation sites (N-methyl/N-ethyl adjacent to an activating group) is 1. The van der Waals surface area contributed by atoms with Crippen molar-refractivity contribution in [3.05, 3.63) is 59.7 Å². The average molecular weight is 544 g/mol. The monoisotopic (exact) mass is 543 g/mol. The molecule has 2 aliphatic rings. The number of carbonyl (C=O) groups excluding carboxylic acids is 1. The highest BCUT2D eigenvalue weighted by Crippen LogP contribution is 2.34. The van der Waals surface area contributed by atoms with E-state index < -0.39 is 35.6 Å². The van der Waals surface area contributed by atoms with Gasteiger partial charge in [-0.3, -0.25) is 9.67 Å². The van der Waals surface area contributed by atoms with Crippen LogP contribution in [0.1, 0.15) is 18.0 Å². The second-order valence-corrected chi connectivity index (χ2v) is 9.66. The Labute approximate surface area is 223 Å². The second-order valence-electron chi connectivity index (χ2n) is 9.66. The topological polar surface area (TPSA) is 88.3 Å². The number of hydrogen-bond donors (Lipinski definition) is 0. The number of likely N-dealkylation sites (tertiary alicyclic amines) is 1. The average Bonchev–Trinajstić information content (AvgIpc) is 3.48. The molecule has 206 valence electrons. The molecule has 0 bridgehead atoms. The van der Waals surface area contributed by atoms with Crippen LogP contribution in [0.4, 0.5) is 18.0 Å². The van der Waals surface area contributed by atoms with E-state index in [1.165, 1.54) is 34.3 Å². The standard InChI is InChI=1S/C26H28F3N7O3/c1-33(2)6-7-38-24-13-32-34(3)25(24)21-11-23(20(29)12-30-21)39-19-14-35(15-19)26(37)36-22(4-5-31-36)16-8-17(27)10-18(28)9-16/h5,8-13,19,22H,4,6-7,14-15H2,1-3H3. The summed E-state index contributed by atoms with van der Waals surface area (Å²) < 4.78 is 55.4. The molecular weight excluding hydrogens is 515 g/mol. The smallest absolute Gasteiger partial charge is 0.341 e. The quantitative estimate of drug-likeness (QED) is 0.433. The van der Waals surface area contributed by atoms with Crippen LogP contribution in [0.15, 0.2) is 41.8 Å². The Bertz CT molecular complexity index is 1370. The van der Waals surface area contributed by atoms with Gasteiger partial charge in [0.05, 0.1) is 37.2 Å². The molecule has 2 aliphatic heterocycles. The number of pyridine rings is 1. The second kappa shape index (κ2) is 10.9. The number of benzene rings is 1. The van der Waals surface area contributed by atoms with Gasteiger partial charge in [0.1, 0.15) is 30.0 Å². The molecule has 2 aromatic heterocycles. The fraction of sp³-hybridized carbons (Fsp3) is 0.385. The van der Waals surface area contributed by atoms with E-state index >= 15 is 0 Å². The van der Waals surface area contributed by atoms with Crippen LogP contribution in [0, 0.1) is 17.5 Å². The van der Waals surface area contributed by atoms with Gasteiger partial charge in [0.25, 0.3) is 0 Å². The number of rotatable bonds is 8. The summed E-state index contributed by atoms with van der Waals surface area (Å²) in [5, 5.41) is 9.55. The number of urea groups is 1. The van der Waals surface area contributed by atoms with E-state index in [-0.39, 0.29) is 18.8 Å². The van der Waals surface area contributed by atoms with Crippen molar-refractivity contribution >= 4 is 12.2 Å². The van der Waals surface area contributed by atoms with Gasteiger partial charge in [-0.1, -0.05) is 0 Å². The summed E-state index contributed by atoms with van der Waals surface area (Å²) in [5.41, 5.74) is 1.32. The molecule has 5 rings (SSSR count). The van der Waals surface area contributed by atoms with Crippen molar-refractivity contribution in [2.75, 3.05) is 40.3 Å². The van der Waals surface area contributed by atoms with Crippen LogP contribution in [0.25, 0.3) is 11.4 Å². The first kappa shape index (κ1) is 26.5. The Hall–Kier alpha value is -4.13. The van der Waals surface area contributed by atoms with Crippen molar-refractivity contribution in [3.8, 4) is 22.9 Å². The summed E-state index contributed by atoms with van der Waals surface area (Å²) in [6.45, 7) is 1.53. The van der Waals surface area contributed by atoms with Crippen molar-refractivity contribution in [1.82, 2.24) is 29.6 Å². The summed E-state index contributed by atoms with van der Waals surface area (Å²) in [6, 6.07) is 3.60. The molecule has 4 heterocycles. The Morgan fingerprint density at radius 3 is 2.54 bits per heavy atom. The fourth-order valence-electron chi connectivity index (χ4n) is 4.43. The van der Waals surface area contributed by atoms with Gasteiger partial charge in [-0.2, -0.15) is 10.2 Å². The maximum absolute atomic E-state index is 14.6. The third kappa shape index (κ3) is 5.67. The number of hydrogen-bond acceptors (Lipinski definition) is 7. The summed E-state index contributed by atoms with van der Waals surface area (Å²) in [6.07, 6.45) is 4.06. The predicted octanol–water partition coefficient (Wildman–Crippen LogP) is 3.46. The maximum Gasteiger partial charge on any atom is 0.341 e. The van der Waals surface area contributed by atoms with Gasteiger partial charge in [0, 0.05) is 38.4 Å². The van der Waals surface area contributed by atoms with Crippen molar-refractivity contribution in [1.29, 1.82) is 0 Å². The molecule has 13 heteroatoms. The highest BCUT2D eigenvalue weighted by molar-refractivity contribution is 5.79. The summed E-state index contributed by atoms with van der Waals surface area (Å²) in [7, 11) is 5.62. The molecule has 3 aromatic rings. The number of carbonyl (C=O) groups is 1. The van der Waals surface area contributed by atoms with Gasteiger partial charge in [0.15, 0.2) is 17.3 Å². The highest BCUT2D eigenvalue weighted by Gasteiger charge is 2.39. The SMILES string of the molecule is CN(C)CCOc1cnn(C)c1-c1cc(OC2CN(C(=O)N3N=CCC3c3cc(F)cc(F)c3)C2)c(F)cn1. The zero-order chi connectivity index (χ0) is 27.7. The number of aryl methyl sites for hydroxylation is 1. The van der Waals surface area contributed by atoms with Gasteiger partial charge in [-0.05, 0) is 31.8 Å². The van der Waals surface area contributed by atoms with Crippen LogP contribution in [0.2, 0.25) is 0 Å². The molecule has 39 heavy (non-hydrogen) atoms. The minimum atomic E-state index is -0.723. The van der Waals surface area contributed by atoms with E-state index in [1.54, 1.807) is 17.9 Å². The molecule has 0 radical (unpaired) electrons. The third-order valence-electron chi connectivity index (χ3n) is 6.47. The van der Waals surface area contributed by atoms with Crippen LogP contribution in [-0.4, -0.2) is 88.3 Å². The highest BCUT2D eigenvalue weighted by atomic mass is 19.1. The van der Waals surface area contributed by atoms with Gasteiger partial charge >= 0.3 is 6.03 Å². The number of amides is 2. The normalized spacial score (nSPS) is 17.2. The molecule has 2 amide bonds. The van der Waals surface area contributed by atoms with Crippen molar-refractivity contribution in [2.24, 2.45) is 12.1 Å². The first-order valence-corrected chi connectivity index (χ1v) is 12.4. The number of halogens is 3. The van der Waals surface area contributed by atoms with Crippen molar-refractivity contribution < 1.29 is 27.4 Å². The van der Waals surface area contributed by atoms with Crippen LogP contribution in [0.3, 0.4) is 0 Å². The summed E-state index contributed by atoms with van der Waals surface area (Å²) in [4.78, 5) is 20.7. The van der Waals surface area contributed by atoms with E-state index in [0.29, 0.717) is 42.3 Å². The molecule has 1 fully saturated rings. The zero-order valence-electron chi connectivity index (χ0n) is 21.7. The lowest BCUT2D eigenvalue weighted by Crippen LogP contribution is -2.58. The first-order valence-electron chi connectivity index (χ1n) is 12.4. The first-order chi connectivity index (χ1) is 18.7. The largest absolute Gasteiger partial charge is 0.488 e. The van der Waals surface area contributed by atoms with Crippen LogP contribution < -0.4 is 9.47 Å². The van der Waals surface area contributed by atoms with Crippen molar-refractivity contribution in [2.45, 2.75) is 18.6 Å². The fourth-order valence-corrected chi connectivity index (χ4v) is 4.43. The van der Waals surface area contributed by atoms with Gasteiger partial charge in [-0.25, -0.2) is 23.0 Å². The van der Waals surface area contributed by atoms with E-state index in [0.717, 1.165) is 12.3 Å². The number of ether oxygens (including phenoxy) is 2. The lowest BCUT2D eigenvalue weighted by molar-refractivity contribution is 0.0256. The number of nitrogens with zero attached hydrogens (tertiary/aromatic N) is 7. The molecule has 10 nitrogen and oxygen atoms in total. The molecule has 0 N–H and O–H groups in total. The number of aromatic nitrogens is 3. The Balaban J connectivity index is 1.23. The minimum Gasteiger partial charge on any atom is -0.488 e. The molecule has 0 saturated carbocycles. The molecule has 1 unspecified atom stereocenters. The van der Waals surface area contributed by atoms with Crippen LogP contribution in [-0.2, 0) is 7.05 Å². The minimum absolute atomic E-state index is 0.00940. The Kier molecular flexibility index (Phi) is 7.42.